The molecule has 0 bridgehead atoms. The number of nitrogens with zero attached hydrogens (tertiary/aromatic N) is 3. The van der Waals surface area contributed by atoms with E-state index >= 15 is 0 Å². The summed E-state index contributed by atoms with van der Waals surface area (Å²) >= 11 is 14.1. The molecule has 0 aliphatic carbocycles. The molecule has 1 aromatic carbocycles. The van der Waals surface area contributed by atoms with Gasteiger partial charge in [0.25, 0.3) is 0 Å². The number of ether oxygens (including phenoxy) is 1. The first-order valence-electron chi connectivity index (χ1n) is 5.08. The first kappa shape index (κ1) is 16.1. The molecule has 1 aromatic rings. The lowest BCUT2D eigenvalue weighted by molar-refractivity contribution is -0.138. The molecule has 0 unspecified atom stereocenters. The van der Waals surface area contributed by atoms with Gasteiger partial charge in [-0.15, -0.1) is 0 Å². The first-order valence-corrected chi connectivity index (χ1v) is 6.92. The molecular formula is C11H8Cl2IN3O2. The van der Waals surface area contributed by atoms with Crippen molar-refractivity contribution in [1.82, 2.24) is 0 Å². The average Bonchev–Trinajstić information content (AvgIpc) is 2.38. The molecule has 5 nitrogen and oxygen atoms in total. The number of esters is 1. The van der Waals surface area contributed by atoms with Crippen LogP contribution < -0.4 is 0 Å². The average molecular weight is 412 g/mol. The summed E-state index contributed by atoms with van der Waals surface area (Å²) in [6.07, 6.45) is 1.34. The minimum Gasteiger partial charge on any atom is -0.462 e. The molecule has 0 aliphatic heterocycles. The Bertz CT molecular complexity index is 584. The Morgan fingerprint density at radius 3 is 2.79 bits per heavy atom. The number of benzene rings is 1. The van der Waals surface area contributed by atoms with E-state index in [1.54, 1.807) is 19.1 Å². The molecule has 0 atom stereocenters. The Morgan fingerprint density at radius 2 is 2.21 bits per heavy atom. The Hall–Kier alpha value is -0.950. The maximum Gasteiger partial charge on any atom is 0.340 e. The van der Waals surface area contributed by atoms with Gasteiger partial charge in [0, 0.05) is 8.48 Å². The van der Waals surface area contributed by atoms with Crippen LogP contribution in [-0.4, -0.2) is 12.6 Å². The van der Waals surface area contributed by atoms with Gasteiger partial charge < -0.3 is 4.74 Å². The number of halogens is 3. The quantitative estimate of drug-likeness (QED) is 0.135. The standard InChI is InChI=1S/C11H8Cl2IN3O2/c1-2-19-11(18)8(16-17-15)5-6-3-4-7(14)10(13)9(6)12/h3-5H,2H2,1H3/b8-5-. The summed E-state index contributed by atoms with van der Waals surface area (Å²) in [7, 11) is 0. The zero-order valence-electron chi connectivity index (χ0n) is 9.73. The molecule has 0 heterocycles. The number of carbonyl (C=O) groups excluding carboxylic acids is 1. The molecule has 1 rings (SSSR count). The van der Waals surface area contributed by atoms with Crippen LogP contribution in [0.1, 0.15) is 12.5 Å². The second-order valence-corrected chi connectivity index (χ2v) is 5.12. The van der Waals surface area contributed by atoms with E-state index in [1.165, 1.54) is 6.08 Å². The van der Waals surface area contributed by atoms with Gasteiger partial charge in [0.05, 0.1) is 16.7 Å². The van der Waals surface area contributed by atoms with Crippen molar-refractivity contribution in [3.05, 3.63) is 47.5 Å². The highest BCUT2D eigenvalue weighted by atomic mass is 127. The summed E-state index contributed by atoms with van der Waals surface area (Å²) in [5.74, 6) is -0.717. The number of hydrogen-bond donors (Lipinski definition) is 0. The van der Waals surface area contributed by atoms with Crippen molar-refractivity contribution in [2.45, 2.75) is 6.92 Å². The molecule has 8 heteroatoms. The van der Waals surface area contributed by atoms with Crippen LogP contribution in [0, 0.1) is 3.57 Å². The summed E-state index contributed by atoms with van der Waals surface area (Å²) in [6.45, 7) is 1.83. The minimum atomic E-state index is -0.717. The SMILES string of the molecule is CCOC(=O)/C(=C/c1ccc(I)c(Cl)c1Cl)N=[N+]=[N-]. The molecule has 0 N–H and O–H groups in total. The molecule has 0 saturated heterocycles. The van der Waals surface area contributed by atoms with E-state index in [-0.39, 0.29) is 17.3 Å². The highest BCUT2D eigenvalue weighted by molar-refractivity contribution is 14.1. The van der Waals surface area contributed by atoms with E-state index in [0.29, 0.717) is 10.6 Å². The zero-order chi connectivity index (χ0) is 14.4. The third kappa shape index (κ3) is 4.28. The summed E-state index contributed by atoms with van der Waals surface area (Å²) in [4.78, 5) is 14.2. The number of hydrogen-bond acceptors (Lipinski definition) is 3. The van der Waals surface area contributed by atoms with Crippen LogP contribution >= 0.6 is 45.8 Å². The van der Waals surface area contributed by atoms with Gasteiger partial charge in [-0.2, -0.15) is 0 Å². The fourth-order valence-corrected chi connectivity index (χ4v) is 2.18. The summed E-state index contributed by atoms with van der Waals surface area (Å²) in [6, 6.07) is 3.40. The van der Waals surface area contributed by atoms with Crippen molar-refractivity contribution >= 4 is 57.8 Å². The molecule has 100 valence electrons. The Balaban J connectivity index is 3.27. The van der Waals surface area contributed by atoms with Crippen molar-refractivity contribution in [3.63, 3.8) is 0 Å². The highest BCUT2D eigenvalue weighted by Crippen LogP contribution is 2.31. The minimum absolute atomic E-state index is 0.177. The molecule has 0 fully saturated rings. The van der Waals surface area contributed by atoms with Crippen LogP contribution in [0.3, 0.4) is 0 Å². The second kappa shape index (κ2) is 7.59. The molecule has 0 spiro atoms. The van der Waals surface area contributed by atoms with Gasteiger partial charge in [0.15, 0.2) is 0 Å². The van der Waals surface area contributed by atoms with Crippen LogP contribution in [0.4, 0.5) is 0 Å². The number of azide groups is 1. The van der Waals surface area contributed by atoms with E-state index in [9.17, 15) is 4.79 Å². The normalized spacial score (nSPS) is 10.8. The van der Waals surface area contributed by atoms with Gasteiger partial charge >= 0.3 is 5.97 Å². The maximum absolute atomic E-state index is 11.6. The molecule has 0 aromatic heterocycles. The molecule has 0 radical (unpaired) electrons. The van der Waals surface area contributed by atoms with E-state index in [4.69, 9.17) is 33.5 Å². The van der Waals surface area contributed by atoms with Gasteiger partial charge in [0.1, 0.15) is 5.70 Å². The predicted octanol–water partition coefficient (Wildman–Crippen LogP) is 4.81. The van der Waals surface area contributed by atoms with Gasteiger partial charge in [-0.1, -0.05) is 34.4 Å². The monoisotopic (exact) mass is 411 g/mol. The fourth-order valence-electron chi connectivity index (χ4n) is 1.18. The number of rotatable bonds is 4. The van der Waals surface area contributed by atoms with Crippen molar-refractivity contribution in [2.24, 2.45) is 5.11 Å². The summed E-state index contributed by atoms with van der Waals surface area (Å²) in [5.41, 5.74) is 8.75. The van der Waals surface area contributed by atoms with E-state index in [0.717, 1.165) is 3.57 Å². The smallest absolute Gasteiger partial charge is 0.340 e. The molecule has 0 aliphatic rings. The lowest BCUT2D eigenvalue weighted by Gasteiger charge is -2.05. The Kier molecular flexibility index (Phi) is 6.44. The van der Waals surface area contributed by atoms with Crippen molar-refractivity contribution in [1.29, 1.82) is 0 Å². The first-order chi connectivity index (χ1) is 9.01. The highest BCUT2D eigenvalue weighted by Gasteiger charge is 2.12. The van der Waals surface area contributed by atoms with Crippen LogP contribution in [-0.2, 0) is 9.53 Å². The van der Waals surface area contributed by atoms with Gasteiger partial charge in [-0.05, 0) is 52.8 Å². The van der Waals surface area contributed by atoms with Gasteiger partial charge in [-0.25, -0.2) is 4.79 Å². The van der Waals surface area contributed by atoms with Crippen LogP contribution in [0.25, 0.3) is 16.5 Å². The van der Waals surface area contributed by atoms with E-state index < -0.39 is 5.97 Å². The fraction of sp³-hybridized carbons (Fsp3) is 0.182. The van der Waals surface area contributed by atoms with Crippen molar-refractivity contribution < 1.29 is 9.53 Å². The number of carbonyl (C=O) groups is 1. The van der Waals surface area contributed by atoms with E-state index in [1.807, 2.05) is 22.6 Å². The summed E-state index contributed by atoms with van der Waals surface area (Å²) < 4.78 is 5.55. The lowest BCUT2D eigenvalue weighted by atomic mass is 10.2. The third-order valence-corrected chi connectivity index (χ3v) is 4.11. The maximum atomic E-state index is 11.6. The Morgan fingerprint density at radius 1 is 1.53 bits per heavy atom. The Labute approximate surface area is 133 Å². The second-order valence-electron chi connectivity index (χ2n) is 3.20. The molecular weight excluding hydrogens is 404 g/mol. The van der Waals surface area contributed by atoms with Crippen molar-refractivity contribution in [2.75, 3.05) is 6.61 Å². The zero-order valence-corrected chi connectivity index (χ0v) is 13.4. The molecule has 0 saturated carbocycles. The summed E-state index contributed by atoms with van der Waals surface area (Å²) in [5, 5.41) is 3.95. The van der Waals surface area contributed by atoms with Crippen LogP contribution in [0.15, 0.2) is 22.9 Å². The van der Waals surface area contributed by atoms with Crippen LogP contribution in [0.2, 0.25) is 10.0 Å². The predicted molar refractivity (Wildman–Crippen MR) is 82.9 cm³/mol. The lowest BCUT2D eigenvalue weighted by Crippen LogP contribution is -2.05. The van der Waals surface area contributed by atoms with Crippen molar-refractivity contribution in [3.8, 4) is 0 Å². The van der Waals surface area contributed by atoms with E-state index in [2.05, 4.69) is 10.0 Å². The molecule has 0 amide bonds. The third-order valence-electron chi connectivity index (χ3n) is 1.99. The molecule has 19 heavy (non-hydrogen) atoms. The van der Waals surface area contributed by atoms with Crippen LogP contribution in [0.5, 0.6) is 0 Å². The van der Waals surface area contributed by atoms with Gasteiger partial charge in [-0.3, -0.25) is 0 Å². The largest absolute Gasteiger partial charge is 0.462 e. The van der Waals surface area contributed by atoms with Gasteiger partial charge in [0.2, 0.25) is 0 Å². The topological polar surface area (TPSA) is 75.1 Å².